The van der Waals surface area contributed by atoms with Crippen molar-refractivity contribution in [1.29, 1.82) is 0 Å². The van der Waals surface area contributed by atoms with Gasteiger partial charge in [0.1, 0.15) is 11.9 Å². The Balaban J connectivity index is 2.14. The maximum Gasteiger partial charge on any atom is 0.320 e. The van der Waals surface area contributed by atoms with E-state index in [4.69, 9.17) is 0 Å². The van der Waals surface area contributed by atoms with E-state index in [1.165, 1.54) is 12.1 Å². The standard InChI is InChI=1S/C15H20FNO2/c1-10-5-6-17(14(7-10)15(18)19)9-12-3-4-13(16)8-11(12)2/h3-4,8,10,14H,5-7,9H2,1-2H3,(H,18,19). The van der Waals surface area contributed by atoms with Crippen LogP contribution >= 0.6 is 0 Å². The van der Waals surface area contributed by atoms with Gasteiger partial charge in [0.2, 0.25) is 0 Å². The van der Waals surface area contributed by atoms with Gasteiger partial charge in [0.25, 0.3) is 0 Å². The highest BCUT2D eigenvalue weighted by Gasteiger charge is 2.31. The maximum atomic E-state index is 13.1. The number of hydrogen-bond donors (Lipinski definition) is 1. The van der Waals surface area contributed by atoms with Gasteiger partial charge in [0.15, 0.2) is 0 Å². The molecule has 1 aromatic carbocycles. The van der Waals surface area contributed by atoms with Crippen LogP contribution in [0.5, 0.6) is 0 Å². The molecule has 104 valence electrons. The quantitative estimate of drug-likeness (QED) is 0.913. The normalized spacial score (nSPS) is 24.4. The minimum Gasteiger partial charge on any atom is -0.480 e. The Morgan fingerprint density at radius 1 is 1.53 bits per heavy atom. The van der Waals surface area contributed by atoms with E-state index in [2.05, 4.69) is 6.92 Å². The van der Waals surface area contributed by atoms with Gasteiger partial charge in [-0.3, -0.25) is 9.69 Å². The second-order valence-electron chi connectivity index (χ2n) is 5.52. The van der Waals surface area contributed by atoms with Crippen LogP contribution in [0.2, 0.25) is 0 Å². The fraction of sp³-hybridized carbons (Fsp3) is 0.533. The Hall–Kier alpha value is -1.42. The maximum absolute atomic E-state index is 13.1. The summed E-state index contributed by atoms with van der Waals surface area (Å²) in [5, 5.41) is 9.32. The Morgan fingerprint density at radius 3 is 2.89 bits per heavy atom. The minimum atomic E-state index is -0.758. The summed E-state index contributed by atoms with van der Waals surface area (Å²) in [6.07, 6.45) is 1.71. The van der Waals surface area contributed by atoms with Crippen molar-refractivity contribution in [2.24, 2.45) is 5.92 Å². The summed E-state index contributed by atoms with van der Waals surface area (Å²) < 4.78 is 13.1. The molecule has 1 heterocycles. The Bertz CT molecular complexity index is 475. The monoisotopic (exact) mass is 265 g/mol. The lowest BCUT2D eigenvalue weighted by Gasteiger charge is -2.36. The molecule has 0 saturated carbocycles. The number of nitrogens with zero attached hydrogens (tertiary/aromatic N) is 1. The zero-order valence-corrected chi connectivity index (χ0v) is 11.4. The molecular weight excluding hydrogens is 245 g/mol. The first-order valence-electron chi connectivity index (χ1n) is 6.69. The number of halogens is 1. The lowest BCUT2D eigenvalue weighted by Crippen LogP contribution is -2.46. The van der Waals surface area contributed by atoms with Crippen LogP contribution < -0.4 is 0 Å². The van der Waals surface area contributed by atoms with Crippen LogP contribution in [0.4, 0.5) is 4.39 Å². The van der Waals surface area contributed by atoms with Crippen LogP contribution in [-0.4, -0.2) is 28.6 Å². The number of aryl methyl sites for hydroxylation is 1. The number of aliphatic carboxylic acids is 1. The van der Waals surface area contributed by atoms with Crippen molar-refractivity contribution in [3.63, 3.8) is 0 Å². The van der Waals surface area contributed by atoms with Gasteiger partial charge in [-0.2, -0.15) is 0 Å². The third kappa shape index (κ3) is 3.32. The number of carboxylic acid groups (broad SMARTS) is 1. The molecular formula is C15H20FNO2. The molecule has 0 amide bonds. The largest absolute Gasteiger partial charge is 0.480 e. The zero-order valence-electron chi connectivity index (χ0n) is 11.4. The van der Waals surface area contributed by atoms with Crippen LogP contribution in [0.25, 0.3) is 0 Å². The van der Waals surface area contributed by atoms with Crippen LogP contribution in [-0.2, 0) is 11.3 Å². The lowest BCUT2D eigenvalue weighted by molar-refractivity contribution is -0.145. The van der Waals surface area contributed by atoms with E-state index in [1.807, 2.05) is 11.8 Å². The smallest absolute Gasteiger partial charge is 0.320 e. The molecule has 19 heavy (non-hydrogen) atoms. The van der Waals surface area contributed by atoms with E-state index >= 15 is 0 Å². The van der Waals surface area contributed by atoms with E-state index in [0.717, 1.165) is 24.1 Å². The van der Waals surface area contributed by atoms with Crippen molar-refractivity contribution in [3.8, 4) is 0 Å². The zero-order chi connectivity index (χ0) is 14.0. The van der Waals surface area contributed by atoms with E-state index in [9.17, 15) is 14.3 Å². The highest BCUT2D eigenvalue weighted by atomic mass is 19.1. The molecule has 0 radical (unpaired) electrons. The number of piperidine rings is 1. The molecule has 4 heteroatoms. The Labute approximate surface area is 113 Å². The van der Waals surface area contributed by atoms with Crippen LogP contribution in [0.1, 0.15) is 30.9 Å². The van der Waals surface area contributed by atoms with Crippen molar-refractivity contribution in [2.45, 2.75) is 39.3 Å². The minimum absolute atomic E-state index is 0.247. The van der Waals surface area contributed by atoms with Gasteiger partial charge in [-0.25, -0.2) is 4.39 Å². The second kappa shape index (κ2) is 5.70. The second-order valence-corrected chi connectivity index (χ2v) is 5.52. The number of carboxylic acids is 1. The Morgan fingerprint density at radius 2 is 2.26 bits per heavy atom. The summed E-state index contributed by atoms with van der Waals surface area (Å²) in [5.74, 6) is -0.554. The number of rotatable bonds is 3. The molecule has 1 N–H and O–H groups in total. The van der Waals surface area contributed by atoms with Gasteiger partial charge in [0, 0.05) is 6.54 Å². The molecule has 0 spiro atoms. The molecule has 0 bridgehead atoms. The molecule has 2 atom stereocenters. The average molecular weight is 265 g/mol. The first kappa shape index (κ1) is 14.0. The highest BCUT2D eigenvalue weighted by molar-refractivity contribution is 5.73. The number of benzene rings is 1. The number of likely N-dealkylation sites (tertiary alicyclic amines) is 1. The Kier molecular flexibility index (Phi) is 4.20. The van der Waals surface area contributed by atoms with E-state index in [1.54, 1.807) is 6.07 Å². The van der Waals surface area contributed by atoms with Gasteiger partial charge in [-0.15, -0.1) is 0 Å². The summed E-state index contributed by atoms with van der Waals surface area (Å²) in [6.45, 7) is 5.32. The summed E-state index contributed by atoms with van der Waals surface area (Å²) in [7, 11) is 0. The molecule has 1 aliphatic rings. The van der Waals surface area contributed by atoms with Crippen molar-refractivity contribution in [1.82, 2.24) is 4.90 Å². The molecule has 0 aromatic heterocycles. The summed E-state index contributed by atoms with van der Waals surface area (Å²) in [6, 6.07) is 4.26. The van der Waals surface area contributed by atoms with Crippen LogP contribution in [0.15, 0.2) is 18.2 Å². The molecule has 1 aromatic rings. The van der Waals surface area contributed by atoms with E-state index in [0.29, 0.717) is 18.9 Å². The van der Waals surface area contributed by atoms with Crippen LogP contribution in [0, 0.1) is 18.7 Å². The fourth-order valence-electron chi connectivity index (χ4n) is 2.69. The van der Waals surface area contributed by atoms with Gasteiger partial charge in [0.05, 0.1) is 0 Å². The van der Waals surface area contributed by atoms with Gasteiger partial charge < -0.3 is 5.11 Å². The molecule has 1 aliphatic heterocycles. The van der Waals surface area contributed by atoms with Gasteiger partial charge in [-0.1, -0.05) is 13.0 Å². The third-order valence-electron chi connectivity index (χ3n) is 3.94. The van der Waals surface area contributed by atoms with Crippen molar-refractivity contribution in [3.05, 3.63) is 35.1 Å². The molecule has 0 aliphatic carbocycles. The van der Waals surface area contributed by atoms with Crippen molar-refractivity contribution >= 4 is 5.97 Å². The van der Waals surface area contributed by atoms with Gasteiger partial charge in [-0.05, 0) is 55.5 Å². The summed E-state index contributed by atoms with van der Waals surface area (Å²) in [4.78, 5) is 13.3. The average Bonchev–Trinajstić information content (AvgIpc) is 2.34. The summed E-state index contributed by atoms with van der Waals surface area (Å²) >= 11 is 0. The first-order chi connectivity index (χ1) is 8.97. The predicted molar refractivity (Wildman–Crippen MR) is 71.4 cm³/mol. The first-order valence-corrected chi connectivity index (χ1v) is 6.69. The lowest BCUT2D eigenvalue weighted by atomic mass is 9.92. The van der Waals surface area contributed by atoms with Crippen LogP contribution in [0.3, 0.4) is 0 Å². The van der Waals surface area contributed by atoms with Crippen molar-refractivity contribution < 1.29 is 14.3 Å². The van der Waals surface area contributed by atoms with Crippen molar-refractivity contribution in [2.75, 3.05) is 6.54 Å². The highest BCUT2D eigenvalue weighted by Crippen LogP contribution is 2.25. The number of hydrogen-bond acceptors (Lipinski definition) is 2. The SMILES string of the molecule is Cc1cc(F)ccc1CN1CCC(C)CC1C(=O)O. The predicted octanol–water partition coefficient (Wildman–Crippen LogP) is 2.82. The fourth-order valence-corrected chi connectivity index (χ4v) is 2.69. The topological polar surface area (TPSA) is 40.5 Å². The number of carbonyl (C=O) groups is 1. The molecule has 2 rings (SSSR count). The third-order valence-corrected chi connectivity index (χ3v) is 3.94. The van der Waals surface area contributed by atoms with E-state index in [-0.39, 0.29) is 5.82 Å². The molecule has 1 saturated heterocycles. The molecule has 3 nitrogen and oxygen atoms in total. The van der Waals surface area contributed by atoms with E-state index < -0.39 is 12.0 Å². The molecule has 2 unspecified atom stereocenters. The molecule has 1 fully saturated rings. The van der Waals surface area contributed by atoms with Gasteiger partial charge >= 0.3 is 5.97 Å². The summed E-state index contributed by atoms with van der Waals surface area (Å²) in [5.41, 5.74) is 1.88.